The summed E-state index contributed by atoms with van der Waals surface area (Å²) in [6, 6.07) is 0. The number of carbonyl (C=O) groups is 1. The number of ether oxygens (including phenoxy) is 2. The van der Waals surface area contributed by atoms with Gasteiger partial charge in [0, 0.05) is 12.2 Å². The Balaban J connectivity index is 2.47. The Hall–Kier alpha value is -0.640. The van der Waals surface area contributed by atoms with Crippen molar-refractivity contribution >= 4 is 17.7 Å². The minimum Gasteiger partial charge on any atom is -0.498 e. The quantitative estimate of drug-likeness (QED) is 0.651. The molecule has 0 saturated carbocycles. The van der Waals surface area contributed by atoms with E-state index in [4.69, 9.17) is 4.74 Å². The maximum atomic E-state index is 11.2. The number of esters is 1. The first kappa shape index (κ1) is 10.4. The predicted molar refractivity (Wildman–Crippen MR) is 52.6 cm³/mol. The monoisotopic (exact) mass is 202 g/mol. The number of hydrogen-bond donors (Lipinski definition) is 0. The SMILES string of the molecule is CCOC1=CCSC(C(=O)OC)C1. The summed E-state index contributed by atoms with van der Waals surface area (Å²) >= 11 is 1.59. The molecule has 0 radical (unpaired) electrons. The van der Waals surface area contributed by atoms with Crippen LogP contribution in [-0.4, -0.2) is 30.7 Å². The summed E-state index contributed by atoms with van der Waals surface area (Å²) in [6.07, 6.45) is 2.68. The lowest BCUT2D eigenvalue weighted by Crippen LogP contribution is -2.22. The van der Waals surface area contributed by atoms with Crippen molar-refractivity contribution in [1.29, 1.82) is 0 Å². The van der Waals surface area contributed by atoms with Gasteiger partial charge >= 0.3 is 5.97 Å². The van der Waals surface area contributed by atoms with Crippen molar-refractivity contribution in [2.75, 3.05) is 19.5 Å². The van der Waals surface area contributed by atoms with E-state index in [1.54, 1.807) is 11.8 Å². The molecule has 0 saturated heterocycles. The van der Waals surface area contributed by atoms with E-state index in [-0.39, 0.29) is 11.2 Å². The number of methoxy groups -OCH3 is 1. The highest BCUT2D eigenvalue weighted by Gasteiger charge is 2.24. The fraction of sp³-hybridized carbons (Fsp3) is 0.667. The molecule has 0 spiro atoms. The Morgan fingerprint density at radius 2 is 2.54 bits per heavy atom. The van der Waals surface area contributed by atoms with Crippen molar-refractivity contribution in [3.05, 3.63) is 11.8 Å². The fourth-order valence-corrected chi connectivity index (χ4v) is 2.20. The lowest BCUT2D eigenvalue weighted by molar-refractivity contribution is -0.140. The molecule has 0 fully saturated rings. The molecular weight excluding hydrogens is 188 g/mol. The molecule has 0 aromatic rings. The Morgan fingerprint density at radius 3 is 3.15 bits per heavy atom. The fourth-order valence-electron chi connectivity index (χ4n) is 1.17. The maximum absolute atomic E-state index is 11.2. The second-order valence-corrected chi connectivity index (χ2v) is 3.89. The molecule has 0 aromatic carbocycles. The molecule has 1 atom stereocenters. The van der Waals surface area contributed by atoms with E-state index in [1.807, 2.05) is 13.0 Å². The van der Waals surface area contributed by atoms with Gasteiger partial charge in [-0.05, 0) is 13.0 Å². The van der Waals surface area contributed by atoms with Gasteiger partial charge in [0.25, 0.3) is 0 Å². The molecule has 1 rings (SSSR count). The van der Waals surface area contributed by atoms with Gasteiger partial charge in [-0.15, -0.1) is 11.8 Å². The van der Waals surface area contributed by atoms with Gasteiger partial charge in [0.2, 0.25) is 0 Å². The molecule has 0 aromatic heterocycles. The van der Waals surface area contributed by atoms with E-state index >= 15 is 0 Å². The third-order valence-electron chi connectivity index (χ3n) is 1.79. The molecule has 1 unspecified atom stereocenters. The standard InChI is InChI=1S/C9H14O3S/c1-3-12-7-4-5-13-8(6-7)9(10)11-2/h4,8H,3,5-6H2,1-2H3. The largest absolute Gasteiger partial charge is 0.498 e. The molecule has 74 valence electrons. The number of hydrogen-bond acceptors (Lipinski definition) is 4. The lowest BCUT2D eigenvalue weighted by atomic mass is 10.2. The molecule has 1 aliphatic rings. The number of thioether (sulfide) groups is 1. The van der Waals surface area contributed by atoms with E-state index in [0.717, 1.165) is 11.5 Å². The topological polar surface area (TPSA) is 35.5 Å². The third kappa shape index (κ3) is 2.95. The highest BCUT2D eigenvalue weighted by molar-refractivity contribution is 8.00. The van der Waals surface area contributed by atoms with Crippen LogP contribution in [0.15, 0.2) is 11.8 Å². The van der Waals surface area contributed by atoms with Crippen LogP contribution >= 0.6 is 11.8 Å². The summed E-state index contributed by atoms with van der Waals surface area (Å²) in [5, 5.41) is -0.0865. The Labute approximate surface area is 82.5 Å². The van der Waals surface area contributed by atoms with Gasteiger partial charge in [-0.3, -0.25) is 4.79 Å². The number of carbonyl (C=O) groups excluding carboxylic acids is 1. The minimum absolute atomic E-state index is 0.0865. The zero-order valence-corrected chi connectivity index (χ0v) is 8.73. The van der Waals surface area contributed by atoms with Crippen LogP contribution in [-0.2, 0) is 14.3 Å². The van der Waals surface area contributed by atoms with Gasteiger partial charge in [0.05, 0.1) is 19.5 Å². The summed E-state index contributed by atoms with van der Waals surface area (Å²) in [5.41, 5.74) is 0. The normalized spacial score (nSPS) is 22.0. The summed E-state index contributed by atoms with van der Waals surface area (Å²) in [6.45, 7) is 2.60. The Bertz CT molecular complexity index is 213. The van der Waals surface area contributed by atoms with Gasteiger partial charge in [0.15, 0.2) is 0 Å². The van der Waals surface area contributed by atoms with Gasteiger partial charge in [-0.1, -0.05) is 0 Å². The van der Waals surface area contributed by atoms with E-state index in [9.17, 15) is 4.79 Å². The highest BCUT2D eigenvalue weighted by atomic mass is 32.2. The maximum Gasteiger partial charge on any atom is 0.319 e. The van der Waals surface area contributed by atoms with Gasteiger partial charge in [-0.2, -0.15) is 0 Å². The zero-order chi connectivity index (χ0) is 9.68. The third-order valence-corrected chi connectivity index (χ3v) is 2.91. The van der Waals surface area contributed by atoms with Crippen molar-refractivity contribution < 1.29 is 14.3 Å². The lowest BCUT2D eigenvalue weighted by Gasteiger charge is -2.20. The van der Waals surface area contributed by atoms with Crippen LogP contribution < -0.4 is 0 Å². The predicted octanol–water partition coefficient (Wildman–Crippen LogP) is 1.59. The van der Waals surface area contributed by atoms with Crippen LogP contribution in [0.3, 0.4) is 0 Å². The molecular formula is C9H14O3S. The van der Waals surface area contributed by atoms with E-state index in [1.165, 1.54) is 7.11 Å². The molecule has 13 heavy (non-hydrogen) atoms. The van der Waals surface area contributed by atoms with Crippen LogP contribution in [0.2, 0.25) is 0 Å². The average Bonchev–Trinajstić information content (AvgIpc) is 2.18. The average molecular weight is 202 g/mol. The van der Waals surface area contributed by atoms with Crippen LogP contribution in [0.5, 0.6) is 0 Å². The van der Waals surface area contributed by atoms with E-state index in [2.05, 4.69) is 4.74 Å². The second-order valence-electron chi connectivity index (χ2n) is 2.65. The first-order chi connectivity index (χ1) is 6.27. The van der Waals surface area contributed by atoms with Crippen LogP contribution in [0, 0.1) is 0 Å². The van der Waals surface area contributed by atoms with E-state index in [0.29, 0.717) is 13.0 Å². The van der Waals surface area contributed by atoms with Gasteiger partial charge in [0.1, 0.15) is 5.25 Å². The first-order valence-electron chi connectivity index (χ1n) is 4.29. The van der Waals surface area contributed by atoms with Crippen molar-refractivity contribution in [3.63, 3.8) is 0 Å². The summed E-state index contributed by atoms with van der Waals surface area (Å²) < 4.78 is 10.0. The smallest absolute Gasteiger partial charge is 0.319 e. The second kappa shape index (κ2) is 5.17. The van der Waals surface area contributed by atoms with Crippen molar-refractivity contribution in [3.8, 4) is 0 Å². The molecule has 0 amide bonds. The highest BCUT2D eigenvalue weighted by Crippen LogP contribution is 2.26. The molecule has 1 aliphatic heterocycles. The van der Waals surface area contributed by atoms with Crippen molar-refractivity contribution in [2.45, 2.75) is 18.6 Å². The van der Waals surface area contributed by atoms with Gasteiger partial charge in [-0.25, -0.2) is 0 Å². The summed E-state index contributed by atoms with van der Waals surface area (Å²) in [4.78, 5) is 11.2. The van der Waals surface area contributed by atoms with Crippen LogP contribution in [0.1, 0.15) is 13.3 Å². The Kier molecular flexibility index (Phi) is 4.15. The Morgan fingerprint density at radius 1 is 1.77 bits per heavy atom. The molecule has 1 heterocycles. The molecule has 3 nitrogen and oxygen atoms in total. The van der Waals surface area contributed by atoms with Gasteiger partial charge < -0.3 is 9.47 Å². The number of allylic oxidation sites excluding steroid dienone is 1. The summed E-state index contributed by atoms with van der Waals surface area (Å²) in [5.74, 6) is 1.58. The first-order valence-corrected chi connectivity index (χ1v) is 5.34. The van der Waals surface area contributed by atoms with Crippen LogP contribution in [0.4, 0.5) is 0 Å². The number of rotatable bonds is 3. The molecule has 0 aliphatic carbocycles. The molecule has 4 heteroatoms. The van der Waals surface area contributed by atoms with Crippen molar-refractivity contribution in [2.24, 2.45) is 0 Å². The molecule has 0 N–H and O–H groups in total. The zero-order valence-electron chi connectivity index (χ0n) is 7.91. The minimum atomic E-state index is -0.157. The van der Waals surface area contributed by atoms with E-state index < -0.39 is 0 Å². The van der Waals surface area contributed by atoms with Crippen molar-refractivity contribution in [1.82, 2.24) is 0 Å². The molecule has 0 bridgehead atoms. The summed E-state index contributed by atoms with van der Waals surface area (Å²) in [7, 11) is 1.42. The van der Waals surface area contributed by atoms with Crippen LogP contribution in [0.25, 0.3) is 0 Å².